The number of nitrogens with zero attached hydrogens (tertiary/aromatic N) is 1. The van der Waals surface area contributed by atoms with E-state index in [4.69, 9.17) is 0 Å². The van der Waals surface area contributed by atoms with Gasteiger partial charge in [0.25, 0.3) is 0 Å². The summed E-state index contributed by atoms with van der Waals surface area (Å²) in [6.07, 6.45) is 1.43. The molecule has 3 heteroatoms. The summed E-state index contributed by atoms with van der Waals surface area (Å²) in [7, 11) is 0. The molecule has 1 fully saturated rings. The van der Waals surface area contributed by atoms with Crippen molar-refractivity contribution in [1.29, 1.82) is 0 Å². The molecule has 1 saturated heterocycles. The molecule has 0 aliphatic carbocycles. The number of likely N-dealkylation sites (tertiary alicyclic amines) is 1. The van der Waals surface area contributed by atoms with Gasteiger partial charge >= 0.3 is 0 Å². The lowest BCUT2D eigenvalue weighted by Gasteiger charge is -2.35. The highest BCUT2D eigenvalue weighted by molar-refractivity contribution is 4.79. The van der Waals surface area contributed by atoms with Crippen LogP contribution in [0.5, 0.6) is 0 Å². The molecule has 2 atom stereocenters. The van der Waals surface area contributed by atoms with Crippen molar-refractivity contribution in [1.82, 2.24) is 4.90 Å². The van der Waals surface area contributed by atoms with Gasteiger partial charge in [-0.1, -0.05) is 20.8 Å². The average molecular weight is 201 g/mol. The fourth-order valence-electron chi connectivity index (χ4n) is 1.72. The molecule has 1 aliphatic heterocycles. The van der Waals surface area contributed by atoms with Crippen molar-refractivity contribution in [2.24, 2.45) is 5.41 Å². The minimum atomic E-state index is -0.312. The topological polar surface area (TPSA) is 43.7 Å². The fraction of sp³-hybridized carbons (Fsp3) is 1.00. The second-order valence-corrected chi connectivity index (χ2v) is 5.44. The van der Waals surface area contributed by atoms with Crippen molar-refractivity contribution >= 4 is 0 Å². The third-order valence-electron chi connectivity index (χ3n) is 2.91. The van der Waals surface area contributed by atoms with Crippen LogP contribution in [-0.2, 0) is 0 Å². The Hall–Kier alpha value is -0.120. The Morgan fingerprint density at radius 3 is 2.57 bits per heavy atom. The maximum atomic E-state index is 9.90. The molecule has 1 rings (SSSR count). The highest BCUT2D eigenvalue weighted by Crippen LogP contribution is 2.21. The molecule has 0 saturated carbocycles. The number of hydrogen-bond acceptors (Lipinski definition) is 3. The highest BCUT2D eigenvalue weighted by Gasteiger charge is 2.26. The zero-order valence-electron chi connectivity index (χ0n) is 9.53. The largest absolute Gasteiger partial charge is 0.392 e. The number of piperidine rings is 1. The molecule has 3 nitrogen and oxygen atoms in total. The Morgan fingerprint density at radius 1 is 1.43 bits per heavy atom. The summed E-state index contributed by atoms with van der Waals surface area (Å²) < 4.78 is 0. The van der Waals surface area contributed by atoms with Crippen LogP contribution in [0.4, 0.5) is 0 Å². The molecular formula is C11H23NO2. The minimum absolute atomic E-state index is 0.0671. The molecule has 1 aliphatic rings. The Balaban J connectivity index is 2.36. The molecule has 0 aromatic rings. The van der Waals surface area contributed by atoms with E-state index in [9.17, 15) is 10.2 Å². The highest BCUT2D eigenvalue weighted by atomic mass is 16.3. The standard InChI is InChI=1S/C11H23NO2/c1-11(2,3)10(14)8-12-6-4-5-9(13)7-12/h9-10,13-14H,4-8H2,1-3H3/t9-,10?/m0/s1. The van der Waals surface area contributed by atoms with Crippen LogP contribution in [-0.4, -0.2) is 47.0 Å². The molecule has 14 heavy (non-hydrogen) atoms. The summed E-state index contributed by atoms with van der Waals surface area (Å²) in [5.74, 6) is 0. The Morgan fingerprint density at radius 2 is 2.07 bits per heavy atom. The van der Waals surface area contributed by atoms with E-state index in [-0.39, 0.29) is 17.6 Å². The number of aliphatic hydroxyl groups is 2. The Bertz CT molecular complexity index is 177. The van der Waals surface area contributed by atoms with Gasteiger partial charge in [-0.05, 0) is 24.8 Å². The lowest BCUT2D eigenvalue weighted by molar-refractivity contribution is -0.000408. The van der Waals surface area contributed by atoms with Gasteiger partial charge in [0, 0.05) is 13.1 Å². The average Bonchev–Trinajstić information content (AvgIpc) is 2.02. The van der Waals surface area contributed by atoms with E-state index in [1.165, 1.54) is 0 Å². The maximum absolute atomic E-state index is 9.90. The van der Waals surface area contributed by atoms with Crippen LogP contribution in [0, 0.1) is 5.41 Å². The summed E-state index contributed by atoms with van der Waals surface area (Å²) in [4.78, 5) is 2.16. The van der Waals surface area contributed by atoms with Crippen molar-refractivity contribution < 1.29 is 10.2 Å². The summed E-state index contributed by atoms with van der Waals surface area (Å²) >= 11 is 0. The summed E-state index contributed by atoms with van der Waals surface area (Å²) in [6, 6.07) is 0. The van der Waals surface area contributed by atoms with Crippen molar-refractivity contribution in [2.75, 3.05) is 19.6 Å². The SMILES string of the molecule is CC(C)(C)C(O)CN1CCC[C@H](O)C1. The van der Waals surface area contributed by atoms with E-state index < -0.39 is 0 Å². The molecule has 0 bridgehead atoms. The first-order valence-corrected chi connectivity index (χ1v) is 5.48. The monoisotopic (exact) mass is 201 g/mol. The predicted octanol–water partition coefficient (Wildman–Crippen LogP) is 0.850. The lowest BCUT2D eigenvalue weighted by atomic mass is 9.88. The van der Waals surface area contributed by atoms with E-state index >= 15 is 0 Å². The van der Waals surface area contributed by atoms with Crippen LogP contribution in [0.1, 0.15) is 33.6 Å². The van der Waals surface area contributed by atoms with Gasteiger partial charge in [0.15, 0.2) is 0 Å². The smallest absolute Gasteiger partial charge is 0.0715 e. The van der Waals surface area contributed by atoms with Crippen LogP contribution in [0.3, 0.4) is 0 Å². The molecule has 0 spiro atoms. The van der Waals surface area contributed by atoms with E-state index in [1.54, 1.807) is 0 Å². The van der Waals surface area contributed by atoms with Gasteiger partial charge in [0.2, 0.25) is 0 Å². The number of rotatable bonds is 2. The first-order chi connectivity index (χ1) is 6.39. The second-order valence-electron chi connectivity index (χ2n) is 5.44. The lowest BCUT2D eigenvalue weighted by Crippen LogP contribution is -2.45. The molecule has 2 N–H and O–H groups in total. The molecule has 1 unspecified atom stereocenters. The molecule has 1 heterocycles. The van der Waals surface area contributed by atoms with Crippen LogP contribution in [0.15, 0.2) is 0 Å². The zero-order valence-corrected chi connectivity index (χ0v) is 9.53. The van der Waals surface area contributed by atoms with Crippen LogP contribution < -0.4 is 0 Å². The van der Waals surface area contributed by atoms with Gasteiger partial charge in [-0.3, -0.25) is 4.90 Å². The van der Waals surface area contributed by atoms with Gasteiger partial charge in [0.1, 0.15) is 0 Å². The number of hydrogen-bond donors (Lipinski definition) is 2. The quantitative estimate of drug-likeness (QED) is 0.696. The molecule has 0 radical (unpaired) electrons. The fourth-order valence-corrected chi connectivity index (χ4v) is 1.72. The Labute approximate surface area is 86.7 Å². The van der Waals surface area contributed by atoms with Gasteiger partial charge in [-0.15, -0.1) is 0 Å². The van der Waals surface area contributed by atoms with Gasteiger partial charge in [-0.25, -0.2) is 0 Å². The summed E-state index contributed by atoms with van der Waals surface area (Å²) in [5, 5.41) is 19.4. The molecule has 0 aromatic carbocycles. The normalized spacial score (nSPS) is 27.6. The van der Waals surface area contributed by atoms with Crippen molar-refractivity contribution in [3.05, 3.63) is 0 Å². The van der Waals surface area contributed by atoms with Crippen LogP contribution >= 0.6 is 0 Å². The van der Waals surface area contributed by atoms with E-state index in [2.05, 4.69) is 4.90 Å². The molecular weight excluding hydrogens is 178 g/mol. The van der Waals surface area contributed by atoms with Crippen molar-refractivity contribution in [3.63, 3.8) is 0 Å². The second kappa shape index (κ2) is 4.60. The molecule has 0 aromatic heterocycles. The van der Waals surface area contributed by atoms with E-state index in [0.717, 1.165) is 19.4 Å². The van der Waals surface area contributed by atoms with Gasteiger partial charge < -0.3 is 10.2 Å². The van der Waals surface area contributed by atoms with Gasteiger partial charge in [-0.2, -0.15) is 0 Å². The minimum Gasteiger partial charge on any atom is -0.392 e. The van der Waals surface area contributed by atoms with Gasteiger partial charge in [0.05, 0.1) is 12.2 Å². The first kappa shape index (κ1) is 12.0. The van der Waals surface area contributed by atoms with Crippen LogP contribution in [0.2, 0.25) is 0 Å². The number of aliphatic hydroxyl groups excluding tert-OH is 2. The Kier molecular flexibility index (Phi) is 3.93. The van der Waals surface area contributed by atoms with Crippen LogP contribution in [0.25, 0.3) is 0 Å². The first-order valence-electron chi connectivity index (χ1n) is 5.48. The zero-order chi connectivity index (χ0) is 10.8. The number of β-amino-alcohol motifs (C(OH)–C–C–N with tert-alkyl or cyclic N) is 2. The third-order valence-corrected chi connectivity index (χ3v) is 2.91. The molecule has 0 amide bonds. The summed E-state index contributed by atoms with van der Waals surface area (Å²) in [6.45, 7) is 8.52. The van der Waals surface area contributed by atoms with Crippen molar-refractivity contribution in [3.8, 4) is 0 Å². The maximum Gasteiger partial charge on any atom is 0.0715 e. The summed E-state index contributed by atoms with van der Waals surface area (Å²) in [5.41, 5.74) is -0.0671. The third kappa shape index (κ3) is 3.56. The molecule has 84 valence electrons. The van der Waals surface area contributed by atoms with E-state index in [0.29, 0.717) is 13.1 Å². The van der Waals surface area contributed by atoms with E-state index in [1.807, 2.05) is 20.8 Å². The predicted molar refractivity (Wildman–Crippen MR) is 57.1 cm³/mol. The van der Waals surface area contributed by atoms with Crippen molar-refractivity contribution in [2.45, 2.75) is 45.8 Å².